The molecule has 0 heterocycles. The van der Waals surface area contributed by atoms with Gasteiger partial charge in [0, 0.05) is 24.6 Å². The predicted octanol–water partition coefficient (Wildman–Crippen LogP) is 2.28. The molecule has 110 valence electrons. The SMILES string of the molecule is Cc1cccc(C(=O)NCCCOCCCl)c1[N+](=O)[O-]. The van der Waals surface area contributed by atoms with E-state index in [1.165, 1.54) is 6.07 Å². The number of benzene rings is 1. The Morgan fingerprint density at radius 2 is 2.20 bits per heavy atom. The Labute approximate surface area is 122 Å². The maximum Gasteiger partial charge on any atom is 0.285 e. The van der Waals surface area contributed by atoms with Crippen LogP contribution in [0.25, 0.3) is 0 Å². The second-order valence-corrected chi connectivity index (χ2v) is 4.52. The van der Waals surface area contributed by atoms with E-state index in [1.807, 2.05) is 0 Å². The number of hydrogen-bond acceptors (Lipinski definition) is 4. The van der Waals surface area contributed by atoms with Crippen LogP contribution in [0.3, 0.4) is 0 Å². The van der Waals surface area contributed by atoms with E-state index in [1.54, 1.807) is 19.1 Å². The van der Waals surface area contributed by atoms with Crippen molar-refractivity contribution in [3.05, 3.63) is 39.4 Å². The van der Waals surface area contributed by atoms with Gasteiger partial charge in [-0.2, -0.15) is 0 Å². The molecule has 6 nitrogen and oxygen atoms in total. The number of nitro benzene ring substituents is 1. The van der Waals surface area contributed by atoms with E-state index in [2.05, 4.69) is 5.32 Å². The highest BCUT2D eigenvalue weighted by molar-refractivity contribution is 6.17. The summed E-state index contributed by atoms with van der Waals surface area (Å²) in [6.45, 7) is 2.96. The van der Waals surface area contributed by atoms with Crippen LogP contribution < -0.4 is 5.32 Å². The molecule has 1 N–H and O–H groups in total. The molecule has 0 unspecified atom stereocenters. The van der Waals surface area contributed by atoms with Gasteiger partial charge in [-0.05, 0) is 19.4 Å². The van der Waals surface area contributed by atoms with Crippen LogP contribution in [0.4, 0.5) is 5.69 Å². The lowest BCUT2D eigenvalue weighted by Gasteiger charge is -2.07. The summed E-state index contributed by atoms with van der Waals surface area (Å²) in [5.74, 6) is -0.0141. The first-order valence-corrected chi connectivity index (χ1v) is 6.77. The number of nitro groups is 1. The number of amides is 1. The minimum Gasteiger partial charge on any atom is -0.380 e. The van der Waals surface area contributed by atoms with Crippen LogP contribution in [-0.2, 0) is 4.74 Å². The summed E-state index contributed by atoms with van der Waals surface area (Å²) in [5.41, 5.74) is 0.396. The summed E-state index contributed by atoms with van der Waals surface area (Å²) < 4.78 is 5.16. The number of nitrogens with zero attached hydrogens (tertiary/aromatic N) is 1. The first kappa shape index (κ1) is 16.4. The largest absolute Gasteiger partial charge is 0.380 e. The number of para-hydroxylation sites is 1. The van der Waals surface area contributed by atoms with E-state index in [9.17, 15) is 14.9 Å². The first-order chi connectivity index (χ1) is 9.57. The maximum absolute atomic E-state index is 11.9. The molecular weight excluding hydrogens is 284 g/mol. The highest BCUT2D eigenvalue weighted by Gasteiger charge is 2.21. The van der Waals surface area contributed by atoms with Crippen molar-refractivity contribution in [1.29, 1.82) is 0 Å². The lowest BCUT2D eigenvalue weighted by atomic mass is 10.1. The number of halogens is 1. The molecule has 0 atom stereocenters. The molecule has 1 rings (SSSR count). The molecule has 0 fully saturated rings. The summed E-state index contributed by atoms with van der Waals surface area (Å²) in [7, 11) is 0. The zero-order valence-electron chi connectivity index (χ0n) is 11.2. The van der Waals surface area contributed by atoms with Crippen LogP contribution in [0.1, 0.15) is 22.3 Å². The van der Waals surface area contributed by atoms with Crippen molar-refractivity contribution in [2.75, 3.05) is 25.6 Å². The van der Waals surface area contributed by atoms with E-state index < -0.39 is 10.8 Å². The molecule has 0 bridgehead atoms. The summed E-state index contributed by atoms with van der Waals surface area (Å²) in [6, 6.07) is 4.68. The topological polar surface area (TPSA) is 81.5 Å². The van der Waals surface area contributed by atoms with Gasteiger partial charge in [0.25, 0.3) is 11.6 Å². The van der Waals surface area contributed by atoms with Gasteiger partial charge in [-0.15, -0.1) is 11.6 Å². The van der Waals surface area contributed by atoms with Crippen LogP contribution >= 0.6 is 11.6 Å². The van der Waals surface area contributed by atoms with Crippen molar-refractivity contribution in [1.82, 2.24) is 5.32 Å². The molecule has 0 saturated carbocycles. The average Bonchev–Trinajstić information content (AvgIpc) is 2.41. The Kier molecular flexibility index (Phi) is 6.97. The van der Waals surface area contributed by atoms with Crippen LogP contribution in [0.2, 0.25) is 0 Å². The highest BCUT2D eigenvalue weighted by atomic mass is 35.5. The molecule has 0 radical (unpaired) electrons. The molecule has 0 aliphatic heterocycles. The molecular formula is C13H17ClN2O4. The van der Waals surface area contributed by atoms with Gasteiger partial charge in [-0.3, -0.25) is 14.9 Å². The number of ether oxygens (including phenoxy) is 1. The van der Waals surface area contributed by atoms with Crippen molar-refractivity contribution in [3.63, 3.8) is 0 Å². The second kappa shape index (κ2) is 8.50. The Morgan fingerprint density at radius 3 is 2.85 bits per heavy atom. The molecule has 0 aromatic heterocycles. The average molecular weight is 301 g/mol. The highest BCUT2D eigenvalue weighted by Crippen LogP contribution is 2.22. The smallest absolute Gasteiger partial charge is 0.285 e. The van der Waals surface area contributed by atoms with Crippen LogP contribution in [-0.4, -0.2) is 36.5 Å². The number of nitrogens with one attached hydrogen (secondary N) is 1. The van der Waals surface area contributed by atoms with E-state index >= 15 is 0 Å². The van der Waals surface area contributed by atoms with E-state index in [0.717, 1.165) is 0 Å². The van der Waals surface area contributed by atoms with Crippen molar-refractivity contribution in [3.8, 4) is 0 Å². The third-order valence-corrected chi connectivity index (χ3v) is 2.79. The number of carbonyl (C=O) groups excluding carboxylic acids is 1. The Balaban J connectivity index is 2.56. The number of rotatable bonds is 8. The maximum atomic E-state index is 11.9. The monoisotopic (exact) mass is 300 g/mol. The van der Waals surface area contributed by atoms with Crippen molar-refractivity contribution < 1.29 is 14.5 Å². The molecule has 0 spiro atoms. The molecule has 7 heteroatoms. The molecule has 1 amide bonds. The third-order valence-electron chi connectivity index (χ3n) is 2.64. The molecule has 0 aliphatic carbocycles. The van der Waals surface area contributed by atoms with Gasteiger partial charge in [0.1, 0.15) is 5.56 Å². The van der Waals surface area contributed by atoms with E-state index in [-0.39, 0.29) is 11.3 Å². The van der Waals surface area contributed by atoms with Crippen LogP contribution in [0, 0.1) is 17.0 Å². The number of hydrogen-bond donors (Lipinski definition) is 1. The van der Waals surface area contributed by atoms with Gasteiger partial charge >= 0.3 is 0 Å². The number of alkyl halides is 1. The summed E-state index contributed by atoms with van der Waals surface area (Å²) in [4.78, 5) is 22.4. The quantitative estimate of drug-likeness (QED) is 0.345. The third kappa shape index (κ3) is 4.79. The predicted molar refractivity (Wildman–Crippen MR) is 76.3 cm³/mol. The standard InChI is InChI=1S/C13H17ClN2O4/c1-10-4-2-5-11(12(10)16(18)19)13(17)15-7-3-8-20-9-6-14/h2,4-5H,3,6-9H2,1H3,(H,15,17). The Bertz CT molecular complexity index is 479. The minimum absolute atomic E-state index is 0.0803. The van der Waals surface area contributed by atoms with Crippen molar-refractivity contribution in [2.24, 2.45) is 0 Å². The number of carbonyl (C=O) groups is 1. The summed E-state index contributed by atoms with van der Waals surface area (Å²) >= 11 is 5.45. The van der Waals surface area contributed by atoms with Gasteiger partial charge in [0.2, 0.25) is 0 Å². The Hall–Kier alpha value is -1.66. The first-order valence-electron chi connectivity index (χ1n) is 6.24. The fraction of sp³-hybridized carbons (Fsp3) is 0.462. The minimum atomic E-state index is -0.534. The lowest BCUT2D eigenvalue weighted by Crippen LogP contribution is -2.26. The van der Waals surface area contributed by atoms with Gasteiger partial charge in [-0.25, -0.2) is 0 Å². The lowest BCUT2D eigenvalue weighted by molar-refractivity contribution is -0.385. The summed E-state index contributed by atoms with van der Waals surface area (Å²) in [5, 5.41) is 13.6. The second-order valence-electron chi connectivity index (χ2n) is 4.14. The van der Waals surface area contributed by atoms with Gasteiger partial charge in [0.15, 0.2) is 0 Å². The molecule has 0 saturated heterocycles. The molecule has 0 aliphatic rings. The molecule has 1 aromatic rings. The van der Waals surface area contributed by atoms with Crippen molar-refractivity contribution >= 4 is 23.2 Å². The fourth-order valence-electron chi connectivity index (χ4n) is 1.71. The number of aryl methyl sites for hydroxylation is 1. The van der Waals surface area contributed by atoms with E-state index in [0.29, 0.717) is 37.6 Å². The normalized spacial score (nSPS) is 10.3. The molecule has 20 heavy (non-hydrogen) atoms. The Morgan fingerprint density at radius 1 is 1.45 bits per heavy atom. The van der Waals surface area contributed by atoms with Gasteiger partial charge in [-0.1, -0.05) is 12.1 Å². The van der Waals surface area contributed by atoms with Gasteiger partial charge < -0.3 is 10.1 Å². The van der Waals surface area contributed by atoms with E-state index in [4.69, 9.17) is 16.3 Å². The fourth-order valence-corrected chi connectivity index (χ4v) is 1.82. The summed E-state index contributed by atoms with van der Waals surface area (Å²) in [6.07, 6.45) is 0.627. The van der Waals surface area contributed by atoms with Crippen molar-refractivity contribution in [2.45, 2.75) is 13.3 Å². The zero-order valence-corrected chi connectivity index (χ0v) is 12.0. The van der Waals surface area contributed by atoms with Crippen LogP contribution in [0.5, 0.6) is 0 Å². The van der Waals surface area contributed by atoms with Gasteiger partial charge in [0.05, 0.1) is 11.5 Å². The van der Waals surface area contributed by atoms with Crippen LogP contribution in [0.15, 0.2) is 18.2 Å². The zero-order chi connectivity index (χ0) is 15.0. The molecule has 1 aromatic carbocycles.